The number of carbonyl (C=O) groups excluding carboxylic acids is 6. The normalized spacial score (nSPS) is 15.3. The maximum atomic E-state index is 14.1. The highest BCUT2D eigenvalue weighted by Crippen LogP contribution is 2.16. The zero-order chi connectivity index (χ0) is 40.7. The average Bonchev–Trinajstić information content (AvgIpc) is 3.09. The topological polar surface area (TPSA) is 195 Å². The number of benzene rings is 2. The number of hydrogen-bond donors (Lipinski definition) is 7. The van der Waals surface area contributed by atoms with Gasteiger partial charge in [0, 0.05) is 13.8 Å². The van der Waals surface area contributed by atoms with E-state index in [0.717, 1.165) is 11.1 Å². The van der Waals surface area contributed by atoms with Gasteiger partial charge in [0.2, 0.25) is 35.4 Å². The predicted octanol–water partition coefficient (Wildman–Crippen LogP) is 2.41. The molecule has 0 aliphatic carbocycles. The minimum atomic E-state index is -1.35. The Labute approximate surface area is 320 Å². The van der Waals surface area contributed by atoms with Crippen molar-refractivity contribution in [3.05, 3.63) is 71.8 Å². The SMILES string of the molecule is CC(=O)N[C@H](C(=O)N[C@H](C(=O)NC(Cc1ccccc1)C(O)C(Cc1ccccc1)NC(=O)[C@@H](NC(=O)[C@@H](NC(C)=O)C(C)C)C(C)C)C(C)C)C(C)C. The van der Waals surface area contributed by atoms with Gasteiger partial charge in [0.1, 0.15) is 24.2 Å². The predicted molar refractivity (Wildman–Crippen MR) is 209 cm³/mol. The Morgan fingerprint density at radius 3 is 0.963 bits per heavy atom. The van der Waals surface area contributed by atoms with Crippen LogP contribution in [0.15, 0.2) is 60.7 Å². The van der Waals surface area contributed by atoms with Gasteiger partial charge in [-0.15, -0.1) is 0 Å². The largest absolute Gasteiger partial charge is 0.389 e. The van der Waals surface area contributed by atoms with Crippen LogP contribution in [0.2, 0.25) is 0 Å². The summed E-state index contributed by atoms with van der Waals surface area (Å²) in [4.78, 5) is 78.5. The van der Waals surface area contributed by atoms with Gasteiger partial charge in [0.05, 0.1) is 18.2 Å². The summed E-state index contributed by atoms with van der Waals surface area (Å²) in [5, 5.41) is 29.1. The van der Waals surface area contributed by atoms with Gasteiger partial charge in [-0.2, -0.15) is 0 Å². The monoisotopic (exact) mass is 750 g/mol. The van der Waals surface area contributed by atoms with E-state index in [9.17, 15) is 33.9 Å². The van der Waals surface area contributed by atoms with Crippen LogP contribution in [-0.2, 0) is 41.6 Å². The number of amides is 6. The van der Waals surface area contributed by atoms with Gasteiger partial charge >= 0.3 is 0 Å². The van der Waals surface area contributed by atoms with E-state index in [-0.39, 0.29) is 48.3 Å². The Hall–Kier alpha value is -4.78. The van der Waals surface area contributed by atoms with E-state index >= 15 is 0 Å². The molecule has 13 nitrogen and oxygen atoms in total. The fraction of sp³-hybridized carbons (Fsp3) is 0.561. The van der Waals surface area contributed by atoms with Crippen LogP contribution < -0.4 is 31.9 Å². The van der Waals surface area contributed by atoms with Crippen molar-refractivity contribution in [3.8, 4) is 0 Å². The molecule has 6 amide bonds. The second kappa shape index (κ2) is 21.8. The van der Waals surface area contributed by atoms with Gasteiger partial charge in [-0.1, -0.05) is 116 Å². The molecule has 0 saturated heterocycles. The summed E-state index contributed by atoms with van der Waals surface area (Å²) in [6, 6.07) is 12.9. The summed E-state index contributed by atoms with van der Waals surface area (Å²) in [6.07, 6.45) is -0.979. The Kier molecular flexibility index (Phi) is 18.3. The standard InChI is InChI=1S/C41H62N6O7/c1-23(2)33(42-27(9)48)40(53)46-35(25(5)6)38(51)44-31(21-29-17-13-11-14-18-29)37(50)32(22-30-19-15-12-16-20-30)45-39(52)36(26(7)8)47-41(54)34(24(3)4)43-28(10)49/h11-20,23-26,31-37,50H,21-22H2,1-10H3,(H,42,48)(H,43,49)(H,44,51)(H,45,52)(H,46,53)(H,47,54)/t31?,32?,33-,34-,35-,36-,37?/m0/s1. The van der Waals surface area contributed by atoms with Crippen LogP contribution in [0.5, 0.6) is 0 Å². The molecule has 298 valence electrons. The smallest absolute Gasteiger partial charge is 0.243 e. The van der Waals surface area contributed by atoms with Crippen LogP contribution in [-0.4, -0.2) is 82.9 Å². The van der Waals surface area contributed by atoms with E-state index in [0.29, 0.717) is 0 Å². The molecule has 13 heteroatoms. The Morgan fingerprint density at radius 2 is 0.704 bits per heavy atom. The van der Waals surface area contributed by atoms with Gasteiger partial charge in [0.25, 0.3) is 0 Å². The highest BCUT2D eigenvalue weighted by Gasteiger charge is 2.37. The lowest BCUT2D eigenvalue weighted by Crippen LogP contribution is -2.62. The number of aliphatic hydroxyl groups excluding tert-OH is 1. The van der Waals surface area contributed by atoms with Crippen molar-refractivity contribution < 1.29 is 33.9 Å². The van der Waals surface area contributed by atoms with Crippen molar-refractivity contribution in [3.63, 3.8) is 0 Å². The number of hydrogen-bond acceptors (Lipinski definition) is 7. The number of rotatable bonds is 20. The molecular weight excluding hydrogens is 688 g/mol. The first kappa shape index (κ1) is 45.4. The zero-order valence-electron chi connectivity index (χ0n) is 33.4. The van der Waals surface area contributed by atoms with Crippen LogP contribution in [0.1, 0.15) is 80.4 Å². The summed E-state index contributed by atoms with van der Waals surface area (Å²) in [5.74, 6) is -4.09. The number of nitrogens with one attached hydrogen (secondary N) is 6. The fourth-order valence-corrected chi connectivity index (χ4v) is 6.14. The number of carbonyl (C=O) groups is 6. The minimum Gasteiger partial charge on any atom is -0.389 e. The van der Waals surface area contributed by atoms with Gasteiger partial charge in [-0.25, -0.2) is 0 Å². The molecule has 2 unspecified atom stereocenters. The third-order valence-corrected chi connectivity index (χ3v) is 9.19. The second-order valence-electron chi connectivity index (χ2n) is 15.4. The van der Waals surface area contributed by atoms with E-state index in [2.05, 4.69) is 31.9 Å². The molecule has 6 atom stereocenters. The first-order chi connectivity index (χ1) is 25.3. The average molecular weight is 751 g/mol. The van der Waals surface area contributed by atoms with Crippen molar-refractivity contribution >= 4 is 35.4 Å². The van der Waals surface area contributed by atoms with Gasteiger partial charge < -0.3 is 37.0 Å². The lowest BCUT2D eigenvalue weighted by Gasteiger charge is -2.35. The van der Waals surface area contributed by atoms with Gasteiger partial charge in [-0.05, 0) is 47.6 Å². The highest BCUT2D eigenvalue weighted by atomic mass is 16.3. The molecule has 0 heterocycles. The molecule has 0 aliphatic rings. The van der Waals surface area contributed by atoms with E-state index in [4.69, 9.17) is 0 Å². The molecule has 2 aromatic rings. The van der Waals surface area contributed by atoms with Crippen LogP contribution in [0.3, 0.4) is 0 Å². The third-order valence-electron chi connectivity index (χ3n) is 9.19. The molecule has 2 rings (SSSR count). The molecular formula is C41H62N6O7. The lowest BCUT2D eigenvalue weighted by molar-refractivity contribution is -0.134. The fourth-order valence-electron chi connectivity index (χ4n) is 6.14. The molecule has 0 bridgehead atoms. The van der Waals surface area contributed by atoms with Crippen LogP contribution >= 0.6 is 0 Å². The van der Waals surface area contributed by atoms with E-state index in [1.54, 1.807) is 55.4 Å². The van der Waals surface area contributed by atoms with Crippen molar-refractivity contribution in [2.45, 2.75) is 124 Å². The molecule has 0 fully saturated rings. The van der Waals surface area contributed by atoms with Crippen LogP contribution in [0.4, 0.5) is 0 Å². The summed E-state index contributed by atoms with van der Waals surface area (Å²) in [6.45, 7) is 16.9. The summed E-state index contributed by atoms with van der Waals surface area (Å²) >= 11 is 0. The van der Waals surface area contributed by atoms with Crippen molar-refractivity contribution in [1.29, 1.82) is 0 Å². The maximum Gasteiger partial charge on any atom is 0.243 e. The number of aliphatic hydroxyl groups is 1. The molecule has 7 N–H and O–H groups in total. The van der Waals surface area contributed by atoms with E-state index in [1.807, 2.05) is 60.7 Å². The van der Waals surface area contributed by atoms with Gasteiger partial charge in [-0.3, -0.25) is 28.8 Å². The Bertz CT molecular complexity index is 1420. The van der Waals surface area contributed by atoms with E-state index < -0.39 is 66.0 Å². The van der Waals surface area contributed by atoms with Crippen molar-refractivity contribution in [2.24, 2.45) is 23.7 Å². The Morgan fingerprint density at radius 1 is 0.444 bits per heavy atom. The summed E-state index contributed by atoms with van der Waals surface area (Å²) < 4.78 is 0. The zero-order valence-corrected chi connectivity index (χ0v) is 33.4. The highest BCUT2D eigenvalue weighted by molar-refractivity contribution is 5.93. The van der Waals surface area contributed by atoms with Crippen LogP contribution in [0, 0.1) is 23.7 Å². The molecule has 0 radical (unpaired) electrons. The first-order valence-corrected chi connectivity index (χ1v) is 18.8. The molecule has 0 aromatic heterocycles. The van der Waals surface area contributed by atoms with Crippen molar-refractivity contribution in [2.75, 3.05) is 0 Å². The summed E-state index contributed by atoms with van der Waals surface area (Å²) in [7, 11) is 0. The molecule has 0 spiro atoms. The summed E-state index contributed by atoms with van der Waals surface area (Å²) in [5.41, 5.74) is 1.62. The first-order valence-electron chi connectivity index (χ1n) is 18.8. The van der Waals surface area contributed by atoms with Crippen LogP contribution in [0.25, 0.3) is 0 Å². The minimum absolute atomic E-state index is 0.186. The quantitative estimate of drug-likeness (QED) is 0.108. The van der Waals surface area contributed by atoms with E-state index in [1.165, 1.54) is 13.8 Å². The van der Waals surface area contributed by atoms with Gasteiger partial charge in [0.15, 0.2) is 0 Å². The Balaban J connectivity index is 2.51. The van der Waals surface area contributed by atoms with Crippen molar-refractivity contribution in [1.82, 2.24) is 31.9 Å². The maximum absolute atomic E-state index is 14.1. The molecule has 54 heavy (non-hydrogen) atoms. The third kappa shape index (κ3) is 14.6. The molecule has 0 aliphatic heterocycles. The molecule has 0 saturated carbocycles. The lowest BCUT2D eigenvalue weighted by atomic mass is 9.91. The molecule has 2 aromatic carbocycles. The second-order valence-corrected chi connectivity index (χ2v) is 15.4.